The maximum atomic E-state index is 12.1. The molecule has 3 rings (SSSR count). The van der Waals surface area contributed by atoms with E-state index in [1.54, 1.807) is 16.8 Å². The van der Waals surface area contributed by atoms with Crippen molar-refractivity contribution < 1.29 is 4.79 Å². The minimum absolute atomic E-state index is 0.0310. The van der Waals surface area contributed by atoms with Crippen LogP contribution in [0, 0.1) is 0 Å². The molecule has 0 spiro atoms. The van der Waals surface area contributed by atoms with E-state index in [0.29, 0.717) is 11.9 Å². The highest BCUT2D eigenvalue weighted by Crippen LogP contribution is 2.09. The van der Waals surface area contributed by atoms with Crippen molar-refractivity contribution in [2.45, 2.75) is 13.1 Å². The van der Waals surface area contributed by atoms with E-state index in [9.17, 15) is 9.59 Å². The highest BCUT2D eigenvalue weighted by atomic mass is 16.2. The van der Waals surface area contributed by atoms with E-state index < -0.39 is 0 Å². The molecule has 0 atom stereocenters. The van der Waals surface area contributed by atoms with Crippen LogP contribution in [-0.2, 0) is 17.9 Å². The molecule has 0 aliphatic heterocycles. The number of para-hydroxylation sites is 1. The van der Waals surface area contributed by atoms with Gasteiger partial charge in [0.15, 0.2) is 5.43 Å². The molecule has 1 aromatic heterocycles. The molecule has 1 amide bonds. The Morgan fingerprint density at radius 3 is 2.50 bits per heavy atom. The maximum absolute atomic E-state index is 12.1. The highest BCUT2D eigenvalue weighted by Gasteiger charge is 2.06. The van der Waals surface area contributed by atoms with Crippen molar-refractivity contribution in [3.05, 3.63) is 82.6 Å². The third kappa shape index (κ3) is 3.06. The second-order valence-electron chi connectivity index (χ2n) is 5.09. The Balaban J connectivity index is 1.75. The van der Waals surface area contributed by atoms with Gasteiger partial charge in [-0.25, -0.2) is 0 Å². The zero-order chi connectivity index (χ0) is 15.4. The molecule has 0 aliphatic carbocycles. The Hall–Kier alpha value is -2.88. The van der Waals surface area contributed by atoms with E-state index in [2.05, 4.69) is 5.32 Å². The van der Waals surface area contributed by atoms with Crippen LogP contribution < -0.4 is 10.7 Å². The lowest BCUT2D eigenvalue weighted by molar-refractivity contribution is -0.121. The molecule has 1 heterocycles. The van der Waals surface area contributed by atoms with Crippen LogP contribution >= 0.6 is 0 Å². The zero-order valence-corrected chi connectivity index (χ0v) is 12.0. The minimum Gasteiger partial charge on any atom is -0.350 e. The number of nitrogens with zero attached hydrogens (tertiary/aromatic N) is 1. The van der Waals surface area contributed by atoms with Gasteiger partial charge in [0.1, 0.15) is 6.54 Å². The van der Waals surface area contributed by atoms with Crippen LogP contribution in [0.15, 0.2) is 71.7 Å². The van der Waals surface area contributed by atoms with Gasteiger partial charge in [0.05, 0.1) is 5.52 Å². The van der Waals surface area contributed by atoms with E-state index in [1.165, 1.54) is 6.07 Å². The van der Waals surface area contributed by atoms with Crippen molar-refractivity contribution in [2.24, 2.45) is 0 Å². The number of amides is 1. The lowest BCUT2D eigenvalue weighted by Gasteiger charge is -2.11. The van der Waals surface area contributed by atoms with Gasteiger partial charge in [-0.2, -0.15) is 0 Å². The molecule has 110 valence electrons. The average molecular weight is 292 g/mol. The number of aromatic nitrogens is 1. The number of pyridine rings is 1. The molecule has 0 aliphatic rings. The number of nitrogens with one attached hydrogen (secondary N) is 1. The molecule has 4 nitrogen and oxygen atoms in total. The van der Waals surface area contributed by atoms with Crippen LogP contribution in [0.3, 0.4) is 0 Å². The second-order valence-corrected chi connectivity index (χ2v) is 5.09. The molecule has 0 radical (unpaired) electrons. The second kappa shape index (κ2) is 6.26. The minimum atomic E-state index is -0.0855. The normalized spacial score (nSPS) is 10.5. The summed E-state index contributed by atoms with van der Waals surface area (Å²) >= 11 is 0. The van der Waals surface area contributed by atoms with Gasteiger partial charge in [-0.1, -0.05) is 42.5 Å². The summed E-state index contributed by atoms with van der Waals surface area (Å²) < 4.78 is 1.79. The van der Waals surface area contributed by atoms with Gasteiger partial charge in [-0.15, -0.1) is 0 Å². The molecule has 2 aromatic carbocycles. The predicted molar refractivity (Wildman–Crippen MR) is 86.5 cm³/mol. The molecular weight excluding hydrogens is 276 g/mol. The zero-order valence-electron chi connectivity index (χ0n) is 12.0. The van der Waals surface area contributed by atoms with Gasteiger partial charge >= 0.3 is 0 Å². The molecule has 4 heteroatoms. The summed E-state index contributed by atoms with van der Waals surface area (Å²) in [5, 5.41) is 3.51. The first-order valence-electron chi connectivity index (χ1n) is 7.13. The van der Waals surface area contributed by atoms with Crippen molar-refractivity contribution in [2.75, 3.05) is 0 Å². The number of hydrogen-bond acceptors (Lipinski definition) is 2. The van der Waals surface area contributed by atoms with E-state index in [-0.39, 0.29) is 17.9 Å². The number of carbonyl (C=O) groups is 1. The molecular formula is C18H16N2O2. The molecule has 3 aromatic rings. The van der Waals surface area contributed by atoms with E-state index in [1.807, 2.05) is 48.5 Å². The number of rotatable bonds is 4. The lowest BCUT2D eigenvalue weighted by Crippen LogP contribution is -2.27. The molecule has 1 N–H and O–H groups in total. The number of carbonyl (C=O) groups excluding carboxylic acids is 1. The third-order valence-electron chi connectivity index (χ3n) is 3.53. The Morgan fingerprint density at radius 2 is 1.68 bits per heavy atom. The molecule has 0 unspecified atom stereocenters. The van der Waals surface area contributed by atoms with E-state index >= 15 is 0 Å². The molecule has 0 saturated carbocycles. The summed E-state index contributed by atoms with van der Waals surface area (Å²) in [6.45, 7) is 0.686. The van der Waals surface area contributed by atoms with Crippen LogP contribution in [0.25, 0.3) is 10.9 Å². The highest BCUT2D eigenvalue weighted by molar-refractivity contribution is 5.82. The predicted octanol–water partition coefficient (Wildman–Crippen LogP) is 2.32. The first kappa shape index (κ1) is 14.1. The van der Waals surface area contributed by atoms with E-state index in [0.717, 1.165) is 11.1 Å². The van der Waals surface area contributed by atoms with Gasteiger partial charge in [0.25, 0.3) is 0 Å². The van der Waals surface area contributed by atoms with Crippen molar-refractivity contribution in [3.8, 4) is 0 Å². The fourth-order valence-electron chi connectivity index (χ4n) is 2.41. The number of hydrogen-bond donors (Lipinski definition) is 1. The van der Waals surface area contributed by atoms with Crippen LogP contribution in [0.5, 0.6) is 0 Å². The van der Waals surface area contributed by atoms with Crippen LogP contribution in [0.2, 0.25) is 0 Å². The Bertz CT molecular complexity index is 854. The summed E-state index contributed by atoms with van der Waals surface area (Å²) in [5.41, 5.74) is 1.79. The van der Waals surface area contributed by atoms with Gasteiger partial charge in [-0.05, 0) is 17.7 Å². The van der Waals surface area contributed by atoms with E-state index in [4.69, 9.17) is 0 Å². The topological polar surface area (TPSA) is 51.1 Å². The van der Waals surface area contributed by atoms with Gasteiger partial charge < -0.3 is 9.88 Å². The number of benzene rings is 2. The van der Waals surface area contributed by atoms with Gasteiger partial charge in [-0.3, -0.25) is 9.59 Å². The fraction of sp³-hybridized carbons (Fsp3) is 0.111. The first-order chi connectivity index (χ1) is 10.7. The van der Waals surface area contributed by atoms with Crippen molar-refractivity contribution in [1.82, 2.24) is 9.88 Å². The summed E-state index contributed by atoms with van der Waals surface area (Å²) in [6, 6.07) is 18.6. The smallest absolute Gasteiger partial charge is 0.240 e. The van der Waals surface area contributed by atoms with Gasteiger partial charge in [0.2, 0.25) is 5.91 Å². The molecule has 0 fully saturated rings. The largest absolute Gasteiger partial charge is 0.350 e. The molecule has 22 heavy (non-hydrogen) atoms. The quantitative estimate of drug-likeness (QED) is 0.802. The molecule has 0 saturated heterocycles. The Kier molecular flexibility index (Phi) is 4.01. The average Bonchev–Trinajstić information content (AvgIpc) is 2.57. The van der Waals surface area contributed by atoms with Crippen molar-refractivity contribution in [1.29, 1.82) is 0 Å². The monoisotopic (exact) mass is 292 g/mol. The summed E-state index contributed by atoms with van der Waals surface area (Å²) in [7, 11) is 0. The first-order valence-corrected chi connectivity index (χ1v) is 7.13. The Labute approximate surface area is 128 Å². The van der Waals surface area contributed by atoms with Gasteiger partial charge in [0, 0.05) is 24.2 Å². The summed E-state index contributed by atoms with van der Waals surface area (Å²) in [6.07, 6.45) is 1.66. The van der Waals surface area contributed by atoms with Crippen molar-refractivity contribution in [3.63, 3.8) is 0 Å². The standard InChI is InChI=1S/C18H16N2O2/c21-17-10-11-20(16-9-5-4-8-15(16)17)13-18(22)19-12-14-6-2-1-3-7-14/h1-11H,12-13H2,(H,19,22). The fourth-order valence-corrected chi connectivity index (χ4v) is 2.41. The SMILES string of the molecule is O=C(Cn1ccc(=O)c2ccccc21)NCc1ccccc1. The summed E-state index contributed by atoms with van der Waals surface area (Å²) in [5.74, 6) is -0.0855. The van der Waals surface area contributed by atoms with Crippen LogP contribution in [-0.4, -0.2) is 10.5 Å². The number of fused-ring (bicyclic) bond motifs is 1. The Morgan fingerprint density at radius 1 is 0.955 bits per heavy atom. The van der Waals surface area contributed by atoms with Crippen LogP contribution in [0.1, 0.15) is 5.56 Å². The van der Waals surface area contributed by atoms with Crippen molar-refractivity contribution >= 4 is 16.8 Å². The summed E-state index contributed by atoms with van der Waals surface area (Å²) in [4.78, 5) is 23.9. The maximum Gasteiger partial charge on any atom is 0.240 e. The van der Waals surface area contributed by atoms with Crippen LogP contribution in [0.4, 0.5) is 0 Å². The third-order valence-corrected chi connectivity index (χ3v) is 3.53. The molecule has 0 bridgehead atoms. The lowest BCUT2D eigenvalue weighted by atomic mass is 10.2.